The van der Waals surface area contributed by atoms with E-state index >= 15 is 0 Å². The molecule has 0 aromatic rings. The fourth-order valence-corrected chi connectivity index (χ4v) is 3.42. The molecule has 1 aliphatic carbocycles. The number of hydrogen-bond acceptors (Lipinski definition) is 3. The van der Waals surface area contributed by atoms with Crippen LogP contribution in [-0.2, 0) is 4.74 Å². The van der Waals surface area contributed by atoms with Crippen LogP contribution in [0, 0.1) is 0 Å². The van der Waals surface area contributed by atoms with Crippen LogP contribution in [0.25, 0.3) is 0 Å². The summed E-state index contributed by atoms with van der Waals surface area (Å²) in [5.41, 5.74) is 0. The van der Waals surface area contributed by atoms with Crippen molar-refractivity contribution in [2.75, 3.05) is 39.8 Å². The second kappa shape index (κ2) is 14.4. The van der Waals surface area contributed by atoms with Gasteiger partial charge in [-0.2, -0.15) is 0 Å². The smallest absolute Gasteiger partial charge is 0.191 e. The summed E-state index contributed by atoms with van der Waals surface area (Å²) in [6, 6.07) is 0.445. The zero-order valence-corrected chi connectivity index (χ0v) is 17.1. The Bertz CT molecular complexity index is 339. The lowest BCUT2D eigenvalue weighted by atomic mass is 9.98. The van der Waals surface area contributed by atoms with Gasteiger partial charge in [0.25, 0.3) is 0 Å². The van der Waals surface area contributed by atoms with Gasteiger partial charge in [-0.05, 0) is 58.7 Å². The van der Waals surface area contributed by atoms with Crippen molar-refractivity contribution in [1.82, 2.24) is 15.5 Å². The van der Waals surface area contributed by atoms with E-state index < -0.39 is 0 Å². The summed E-state index contributed by atoms with van der Waals surface area (Å²) in [6.07, 6.45) is 10.5. The van der Waals surface area contributed by atoms with E-state index in [2.05, 4.69) is 41.3 Å². The third kappa shape index (κ3) is 10.7. The highest BCUT2D eigenvalue weighted by Crippen LogP contribution is 2.20. The van der Waals surface area contributed by atoms with Crippen molar-refractivity contribution in [3.05, 3.63) is 0 Å². The molecule has 0 aromatic carbocycles. The van der Waals surface area contributed by atoms with E-state index in [4.69, 9.17) is 4.74 Å². The zero-order chi connectivity index (χ0) is 18.3. The average Bonchev–Trinajstić information content (AvgIpc) is 2.65. The minimum Gasteiger partial charge on any atom is -0.378 e. The van der Waals surface area contributed by atoms with Crippen molar-refractivity contribution >= 4 is 5.96 Å². The van der Waals surface area contributed by atoms with E-state index in [1.54, 1.807) is 0 Å². The lowest BCUT2D eigenvalue weighted by Gasteiger charge is -2.22. The number of aliphatic imine (C=N–C) groups is 1. The molecule has 1 unspecified atom stereocenters. The van der Waals surface area contributed by atoms with Crippen molar-refractivity contribution in [3.8, 4) is 0 Å². The Morgan fingerprint density at radius 2 is 1.88 bits per heavy atom. The third-order valence-electron chi connectivity index (χ3n) is 5.13. The highest BCUT2D eigenvalue weighted by molar-refractivity contribution is 5.79. The average molecular weight is 355 g/mol. The molecule has 0 aromatic heterocycles. The van der Waals surface area contributed by atoms with Crippen LogP contribution in [0.1, 0.15) is 72.1 Å². The Labute approximate surface area is 156 Å². The van der Waals surface area contributed by atoms with Gasteiger partial charge in [0, 0.05) is 26.2 Å². The largest absolute Gasteiger partial charge is 0.378 e. The van der Waals surface area contributed by atoms with E-state index in [0.717, 1.165) is 38.6 Å². The molecule has 2 N–H and O–H groups in total. The summed E-state index contributed by atoms with van der Waals surface area (Å²) in [5, 5.41) is 6.90. The minimum atomic E-state index is 0.445. The lowest BCUT2D eigenvalue weighted by Crippen LogP contribution is -2.43. The SMILES string of the molecule is CCN(CC)CCCC(C)NC(=NC)NCCCOC1CCCCC1. The number of rotatable bonds is 12. The quantitative estimate of drug-likeness (QED) is 0.320. The molecule has 5 heteroatoms. The molecular weight excluding hydrogens is 312 g/mol. The molecule has 1 atom stereocenters. The third-order valence-corrected chi connectivity index (χ3v) is 5.13. The summed E-state index contributed by atoms with van der Waals surface area (Å²) in [5.74, 6) is 0.910. The Hall–Kier alpha value is -0.810. The van der Waals surface area contributed by atoms with Gasteiger partial charge in [-0.3, -0.25) is 4.99 Å². The van der Waals surface area contributed by atoms with Gasteiger partial charge < -0.3 is 20.3 Å². The lowest BCUT2D eigenvalue weighted by molar-refractivity contribution is 0.0277. The monoisotopic (exact) mass is 354 g/mol. The second-order valence-corrected chi connectivity index (χ2v) is 7.20. The number of nitrogens with one attached hydrogen (secondary N) is 2. The molecule has 0 radical (unpaired) electrons. The number of hydrogen-bond donors (Lipinski definition) is 2. The standard InChI is InChI=1S/C20H42N4O/c1-5-24(6-2)16-10-12-18(3)23-20(21-4)22-15-11-17-25-19-13-8-7-9-14-19/h18-19H,5-17H2,1-4H3,(H2,21,22,23). The van der Waals surface area contributed by atoms with Gasteiger partial charge in [-0.15, -0.1) is 0 Å². The maximum Gasteiger partial charge on any atom is 0.191 e. The maximum atomic E-state index is 5.97. The number of ether oxygens (including phenoxy) is 1. The fraction of sp³-hybridized carbons (Fsp3) is 0.950. The van der Waals surface area contributed by atoms with E-state index in [1.165, 1.54) is 51.5 Å². The minimum absolute atomic E-state index is 0.445. The van der Waals surface area contributed by atoms with Crippen LogP contribution in [0.4, 0.5) is 0 Å². The summed E-state index contributed by atoms with van der Waals surface area (Å²) in [4.78, 5) is 6.81. The molecule has 1 rings (SSSR count). The van der Waals surface area contributed by atoms with E-state index in [-0.39, 0.29) is 0 Å². The first-order valence-electron chi connectivity index (χ1n) is 10.5. The van der Waals surface area contributed by atoms with E-state index in [9.17, 15) is 0 Å². The first kappa shape index (κ1) is 22.2. The van der Waals surface area contributed by atoms with Gasteiger partial charge in [0.15, 0.2) is 5.96 Å². The van der Waals surface area contributed by atoms with Crippen LogP contribution in [0.5, 0.6) is 0 Å². The molecule has 5 nitrogen and oxygen atoms in total. The van der Waals surface area contributed by atoms with Crippen LogP contribution in [-0.4, -0.2) is 62.8 Å². The van der Waals surface area contributed by atoms with Crippen molar-refractivity contribution in [2.45, 2.75) is 84.3 Å². The summed E-state index contributed by atoms with van der Waals surface area (Å²) in [7, 11) is 1.84. The normalized spacial score (nSPS) is 17.7. The predicted molar refractivity (Wildman–Crippen MR) is 108 cm³/mol. The Morgan fingerprint density at radius 3 is 2.52 bits per heavy atom. The van der Waals surface area contributed by atoms with Gasteiger partial charge >= 0.3 is 0 Å². The molecule has 25 heavy (non-hydrogen) atoms. The van der Waals surface area contributed by atoms with Crippen molar-refractivity contribution in [1.29, 1.82) is 0 Å². The maximum absolute atomic E-state index is 5.97. The molecule has 1 fully saturated rings. The van der Waals surface area contributed by atoms with E-state index in [1.807, 2.05) is 7.05 Å². The van der Waals surface area contributed by atoms with Gasteiger partial charge in [-0.1, -0.05) is 33.1 Å². The predicted octanol–water partition coefficient (Wildman–Crippen LogP) is 3.40. The molecule has 0 bridgehead atoms. The summed E-state index contributed by atoms with van der Waals surface area (Å²) < 4.78 is 5.97. The number of guanidine groups is 1. The van der Waals surface area contributed by atoms with E-state index in [0.29, 0.717) is 12.1 Å². The molecule has 0 heterocycles. The van der Waals surface area contributed by atoms with Crippen molar-refractivity contribution in [3.63, 3.8) is 0 Å². The Kier molecular flexibility index (Phi) is 12.8. The topological polar surface area (TPSA) is 48.9 Å². The molecule has 0 spiro atoms. The van der Waals surface area contributed by atoms with Crippen molar-refractivity contribution in [2.24, 2.45) is 4.99 Å². The summed E-state index contributed by atoms with van der Waals surface area (Å²) in [6.45, 7) is 11.9. The van der Waals surface area contributed by atoms with Crippen LogP contribution < -0.4 is 10.6 Å². The second-order valence-electron chi connectivity index (χ2n) is 7.20. The molecule has 1 aliphatic rings. The highest BCUT2D eigenvalue weighted by atomic mass is 16.5. The fourth-order valence-electron chi connectivity index (χ4n) is 3.42. The molecule has 1 saturated carbocycles. The Balaban J connectivity index is 2.06. The van der Waals surface area contributed by atoms with Crippen LogP contribution in [0.2, 0.25) is 0 Å². The van der Waals surface area contributed by atoms with Crippen LogP contribution in [0.15, 0.2) is 4.99 Å². The molecular formula is C20H42N4O. The number of nitrogens with zero attached hydrogens (tertiary/aromatic N) is 2. The first-order valence-corrected chi connectivity index (χ1v) is 10.5. The summed E-state index contributed by atoms with van der Waals surface area (Å²) >= 11 is 0. The van der Waals surface area contributed by atoms with Gasteiger partial charge in [-0.25, -0.2) is 0 Å². The van der Waals surface area contributed by atoms with Gasteiger partial charge in [0.2, 0.25) is 0 Å². The molecule has 0 saturated heterocycles. The first-order chi connectivity index (χ1) is 12.2. The van der Waals surface area contributed by atoms with Crippen LogP contribution in [0.3, 0.4) is 0 Å². The van der Waals surface area contributed by atoms with Gasteiger partial charge in [0.05, 0.1) is 6.10 Å². The molecule has 0 amide bonds. The van der Waals surface area contributed by atoms with Crippen LogP contribution >= 0.6 is 0 Å². The van der Waals surface area contributed by atoms with Crippen molar-refractivity contribution < 1.29 is 4.74 Å². The highest BCUT2D eigenvalue weighted by Gasteiger charge is 2.13. The molecule has 148 valence electrons. The molecule has 0 aliphatic heterocycles. The Morgan fingerprint density at radius 1 is 1.16 bits per heavy atom. The van der Waals surface area contributed by atoms with Gasteiger partial charge in [0.1, 0.15) is 0 Å². The zero-order valence-electron chi connectivity index (χ0n) is 17.1.